The first-order chi connectivity index (χ1) is 12.9. The van der Waals surface area contributed by atoms with Crippen LogP contribution in [0.2, 0.25) is 0 Å². The summed E-state index contributed by atoms with van der Waals surface area (Å²) in [6.07, 6.45) is -0.386. The van der Waals surface area contributed by atoms with Crippen molar-refractivity contribution in [3.63, 3.8) is 0 Å². The molecule has 1 aliphatic rings. The number of ether oxygens (including phenoxy) is 1. The molecule has 1 aromatic carbocycles. The van der Waals surface area contributed by atoms with Gasteiger partial charge in [-0.2, -0.15) is 4.31 Å². The van der Waals surface area contributed by atoms with Crippen LogP contribution in [0.5, 0.6) is 0 Å². The van der Waals surface area contributed by atoms with Crippen molar-refractivity contribution in [3.8, 4) is 0 Å². The van der Waals surface area contributed by atoms with Gasteiger partial charge in [0.2, 0.25) is 15.9 Å². The number of carbonyl (C=O) groups excluding carboxylic acids is 1. The predicted octanol–water partition coefficient (Wildman–Crippen LogP) is 1.63. The minimum atomic E-state index is -3.68. The Bertz CT molecular complexity index is 900. The van der Waals surface area contributed by atoms with Crippen LogP contribution in [0, 0.1) is 0 Å². The van der Waals surface area contributed by atoms with E-state index in [1.54, 1.807) is 0 Å². The quantitative estimate of drug-likeness (QED) is 0.732. The van der Waals surface area contributed by atoms with Gasteiger partial charge in [-0.3, -0.25) is 4.79 Å². The van der Waals surface area contributed by atoms with Crippen molar-refractivity contribution in [2.75, 3.05) is 18.4 Å². The van der Waals surface area contributed by atoms with Gasteiger partial charge in [0.05, 0.1) is 22.4 Å². The van der Waals surface area contributed by atoms with Crippen molar-refractivity contribution < 1.29 is 26.4 Å². The lowest BCUT2D eigenvalue weighted by Gasteiger charge is -2.34. The van der Waals surface area contributed by atoms with Crippen molar-refractivity contribution in [2.45, 2.75) is 62.2 Å². The van der Waals surface area contributed by atoms with E-state index < -0.39 is 36.3 Å². The number of amides is 1. The van der Waals surface area contributed by atoms with Gasteiger partial charge in [0, 0.05) is 18.8 Å². The van der Waals surface area contributed by atoms with Gasteiger partial charge < -0.3 is 10.1 Å². The molecule has 0 saturated carbocycles. The summed E-state index contributed by atoms with van der Waals surface area (Å²) in [5.74, 6) is -0.653. The molecule has 28 heavy (non-hydrogen) atoms. The maximum absolute atomic E-state index is 12.8. The minimum Gasteiger partial charge on any atom is -0.373 e. The predicted molar refractivity (Wildman–Crippen MR) is 107 cm³/mol. The summed E-state index contributed by atoms with van der Waals surface area (Å²) in [5.41, 5.74) is 0.332. The molecule has 1 fully saturated rings. The van der Waals surface area contributed by atoms with Gasteiger partial charge in [0.15, 0.2) is 9.84 Å². The highest BCUT2D eigenvalue weighted by Gasteiger charge is 2.33. The molecule has 1 amide bonds. The summed E-state index contributed by atoms with van der Waals surface area (Å²) in [7, 11) is -7.26. The number of hydrogen-bond donors (Lipinski definition) is 1. The first-order valence-electron chi connectivity index (χ1n) is 9.15. The smallest absolute Gasteiger partial charge is 0.243 e. The topological polar surface area (TPSA) is 110 Å². The molecule has 0 aliphatic carbocycles. The fraction of sp³-hybridized carbons (Fsp3) is 0.611. The molecule has 1 heterocycles. The molecule has 0 aromatic heterocycles. The van der Waals surface area contributed by atoms with E-state index in [1.165, 1.54) is 49.3 Å². The average molecular weight is 433 g/mol. The highest BCUT2D eigenvalue weighted by atomic mass is 32.2. The van der Waals surface area contributed by atoms with Crippen molar-refractivity contribution in [3.05, 3.63) is 24.3 Å². The van der Waals surface area contributed by atoms with Gasteiger partial charge in [-0.1, -0.05) is 0 Å². The van der Waals surface area contributed by atoms with Gasteiger partial charge in [-0.25, -0.2) is 16.8 Å². The largest absolute Gasteiger partial charge is 0.373 e. The monoisotopic (exact) mass is 432 g/mol. The summed E-state index contributed by atoms with van der Waals surface area (Å²) in [6.45, 7) is 8.57. The second-order valence-electron chi connectivity index (χ2n) is 7.37. The lowest BCUT2D eigenvalue weighted by molar-refractivity contribution is -0.115. The Labute approximate surface area is 167 Å². The van der Waals surface area contributed by atoms with Crippen LogP contribution in [0.3, 0.4) is 0 Å². The van der Waals surface area contributed by atoms with Crippen molar-refractivity contribution in [1.82, 2.24) is 4.31 Å². The van der Waals surface area contributed by atoms with E-state index >= 15 is 0 Å². The Morgan fingerprint density at radius 2 is 1.54 bits per heavy atom. The number of carbonyl (C=O) groups is 1. The molecular formula is C18H28N2O6S2. The number of nitrogens with one attached hydrogen (secondary N) is 1. The van der Waals surface area contributed by atoms with Crippen LogP contribution in [0.1, 0.15) is 34.6 Å². The Morgan fingerprint density at radius 1 is 1.04 bits per heavy atom. The molecule has 1 N–H and O–H groups in total. The van der Waals surface area contributed by atoms with Crippen LogP contribution in [0.15, 0.2) is 29.2 Å². The zero-order valence-corrected chi connectivity index (χ0v) is 18.4. The number of sulfonamides is 1. The van der Waals surface area contributed by atoms with E-state index in [0.717, 1.165) is 0 Å². The number of benzene rings is 1. The third-order valence-corrected chi connectivity index (χ3v) is 9.02. The van der Waals surface area contributed by atoms with Crippen LogP contribution < -0.4 is 5.32 Å². The zero-order valence-electron chi connectivity index (χ0n) is 16.7. The fourth-order valence-corrected chi connectivity index (χ4v) is 5.75. The number of rotatable bonds is 6. The Kier molecular flexibility index (Phi) is 6.90. The van der Waals surface area contributed by atoms with Crippen LogP contribution >= 0.6 is 0 Å². The second-order valence-corrected chi connectivity index (χ2v) is 12.1. The lowest BCUT2D eigenvalue weighted by Crippen LogP contribution is -2.48. The average Bonchev–Trinajstić information content (AvgIpc) is 2.60. The number of anilines is 1. The zero-order chi connectivity index (χ0) is 21.3. The first kappa shape index (κ1) is 22.8. The van der Waals surface area contributed by atoms with E-state index in [-0.39, 0.29) is 30.2 Å². The molecule has 2 rings (SSSR count). The Hall–Kier alpha value is -1.49. The summed E-state index contributed by atoms with van der Waals surface area (Å²) >= 11 is 0. The Morgan fingerprint density at radius 3 is 2.00 bits per heavy atom. The van der Waals surface area contributed by atoms with E-state index in [0.29, 0.717) is 5.69 Å². The van der Waals surface area contributed by atoms with E-state index in [9.17, 15) is 21.6 Å². The summed E-state index contributed by atoms with van der Waals surface area (Å²) in [5, 5.41) is 0.659. The molecule has 1 aliphatic heterocycles. The highest BCUT2D eigenvalue weighted by molar-refractivity contribution is 7.93. The molecular weight excluding hydrogens is 404 g/mol. The molecule has 1 aromatic rings. The van der Waals surface area contributed by atoms with Crippen LogP contribution in [-0.4, -0.2) is 62.8 Å². The molecule has 10 heteroatoms. The lowest BCUT2D eigenvalue weighted by atomic mass is 10.3. The summed E-state index contributed by atoms with van der Waals surface area (Å²) in [6, 6.07) is 5.70. The van der Waals surface area contributed by atoms with Gasteiger partial charge in [-0.15, -0.1) is 0 Å². The van der Waals surface area contributed by atoms with Gasteiger partial charge in [0.1, 0.15) is 5.25 Å². The third kappa shape index (κ3) is 4.91. The summed E-state index contributed by atoms with van der Waals surface area (Å²) in [4.78, 5) is 12.3. The molecule has 1 saturated heterocycles. The highest BCUT2D eigenvalue weighted by Crippen LogP contribution is 2.23. The minimum absolute atomic E-state index is 0.106. The molecule has 0 spiro atoms. The van der Waals surface area contributed by atoms with Crippen molar-refractivity contribution in [2.24, 2.45) is 0 Å². The second kappa shape index (κ2) is 8.48. The molecule has 158 valence electrons. The molecule has 3 atom stereocenters. The normalized spacial score (nSPS) is 22.8. The van der Waals surface area contributed by atoms with Crippen LogP contribution in [0.4, 0.5) is 5.69 Å². The van der Waals surface area contributed by atoms with Gasteiger partial charge in [-0.05, 0) is 58.9 Å². The van der Waals surface area contributed by atoms with Gasteiger partial charge >= 0.3 is 0 Å². The summed E-state index contributed by atoms with van der Waals surface area (Å²) < 4.78 is 56.9. The first-order valence-corrected chi connectivity index (χ1v) is 12.2. The maximum atomic E-state index is 12.8. The van der Waals surface area contributed by atoms with Crippen molar-refractivity contribution in [1.29, 1.82) is 0 Å². The SMILES string of the molecule is CC1CN(S(=O)(=O)c2ccc(NC(=O)C(C)S(=O)(=O)C(C)C)cc2)CC(C)O1. The molecule has 0 radical (unpaired) electrons. The van der Waals surface area contributed by atoms with E-state index in [4.69, 9.17) is 4.74 Å². The number of nitrogens with zero attached hydrogens (tertiary/aromatic N) is 1. The Balaban J connectivity index is 2.14. The van der Waals surface area contributed by atoms with Crippen LogP contribution in [-0.2, 0) is 29.4 Å². The number of sulfone groups is 1. The van der Waals surface area contributed by atoms with Crippen LogP contribution in [0.25, 0.3) is 0 Å². The fourth-order valence-electron chi connectivity index (χ4n) is 2.99. The molecule has 8 nitrogen and oxygen atoms in total. The maximum Gasteiger partial charge on any atom is 0.243 e. The van der Waals surface area contributed by atoms with Crippen molar-refractivity contribution >= 4 is 31.5 Å². The standard InChI is InChI=1S/C18H28N2O6S2/c1-12(2)27(22,23)15(5)18(21)19-16-6-8-17(9-7-16)28(24,25)20-10-13(3)26-14(4)11-20/h6-9,12-15H,10-11H2,1-5H3,(H,19,21). The van der Waals surface area contributed by atoms with E-state index in [2.05, 4.69) is 5.32 Å². The number of hydrogen-bond acceptors (Lipinski definition) is 6. The molecule has 0 bridgehead atoms. The third-order valence-electron chi connectivity index (χ3n) is 4.66. The number of morpholine rings is 1. The van der Waals surface area contributed by atoms with Gasteiger partial charge in [0.25, 0.3) is 0 Å². The molecule has 3 unspecified atom stereocenters. The van der Waals surface area contributed by atoms with E-state index in [1.807, 2.05) is 13.8 Å².